The largest absolute Gasteiger partial charge is 0.486 e. The van der Waals surface area contributed by atoms with E-state index in [1.54, 1.807) is 19.2 Å². The van der Waals surface area contributed by atoms with Crippen molar-refractivity contribution in [2.45, 2.75) is 16.8 Å². The minimum atomic E-state index is -0.972. The highest BCUT2D eigenvalue weighted by Crippen LogP contribution is 2.37. The zero-order chi connectivity index (χ0) is 14.8. The van der Waals surface area contributed by atoms with Gasteiger partial charge in [0.2, 0.25) is 0 Å². The molecular weight excluding hydrogens is 290 g/mol. The fraction of sp³-hybridized carbons (Fsp3) is 0.200. The summed E-state index contributed by atoms with van der Waals surface area (Å²) < 4.78 is 11.0. The molecule has 1 N–H and O–H groups in total. The number of carboxylic acid groups (broad SMARTS) is 1. The molecule has 0 bridgehead atoms. The van der Waals surface area contributed by atoms with Crippen molar-refractivity contribution in [2.75, 3.05) is 13.2 Å². The molecule has 0 radical (unpaired) electrons. The van der Waals surface area contributed by atoms with Gasteiger partial charge in [-0.15, -0.1) is 0 Å². The van der Waals surface area contributed by atoms with E-state index in [0.717, 1.165) is 4.90 Å². The first kappa shape index (κ1) is 13.8. The number of rotatable bonds is 3. The first-order valence-electron chi connectivity index (χ1n) is 6.41. The number of aryl methyl sites for hydroxylation is 1. The SMILES string of the molecule is Cc1ccnc(Sc2ccc3c(c2)OCCO3)c1C(=O)O. The van der Waals surface area contributed by atoms with Crippen LogP contribution in [0.4, 0.5) is 0 Å². The smallest absolute Gasteiger partial charge is 0.338 e. The second kappa shape index (κ2) is 5.65. The molecule has 0 saturated heterocycles. The molecule has 0 aliphatic carbocycles. The number of nitrogens with zero attached hydrogens (tertiary/aromatic N) is 1. The first-order valence-corrected chi connectivity index (χ1v) is 7.23. The highest BCUT2D eigenvalue weighted by atomic mass is 32.2. The van der Waals surface area contributed by atoms with E-state index in [4.69, 9.17) is 9.47 Å². The zero-order valence-electron chi connectivity index (χ0n) is 11.3. The van der Waals surface area contributed by atoms with Crippen LogP contribution in [0.5, 0.6) is 11.5 Å². The third-order valence-corrected chi connectivity index (χ3v) is 4.06. The number of pyridine rings is 1. The normalized spacial score (nSPS) is 13.0. The number of aromatic nitrogens is 1. The molecule has 108 valence electrons. The summed E-state index contributed by atoms with van der Waals surface area (Å²) in [4.78, 5) is 16.4. The molecule has 0 atom stereocenters. The summed E-state index contributed by atoms with van der Waals surface area (Å²) in [7, 11) is 0. The van der Waals surface area contributed by atoms with E-state index in [2.05, 4.69) is 4.98 Å². The van der Waals surface area contributed by atoms with Gasteiger partial charge in [-0.05, 0) is 36.8 Å². The number of benzene rings is 1. The third-order valence-electron chi connectivity index (χ3n) is 3.07. The molecule has 0 saturated carbocycles. The van der Waals surface area contributed by atoms with Crippen molar-refractivity contribution in [1.82, 2.24) is 4.98 Å². The molecule has 1 aromatic heterocycles. The summed E-state index contributed by atoms with van der Waals surface area (Å²) in [5.41, 5.74) is 0.926. The van der Waals surface area contributed by atoms with E-state index in [9.17, 15) is 9.90 Å². The molecule has 3 rings (SSSR count). The number of carboxylic acids is 1. The molecule has 0 spiro atoms. The summed E-state index contributed by atoms with van der Waals surface area (Å²) >= 11 is 1.30. The van der Waals surface area contributed by atoms with Crippen molar-refractivity contribution in [2.24, 2.45) is 0 Å². The van der Waals surface area contributed by atoms with Crippen molar-refractivity contribution in [3.8, 4) is 11.5 Å². The van der Waals surface area contributed by atoms with E-state index < -0.39 is 5.97 Å². The first-order chi connectivity index (χ1) is 10.1. The Morgan fingerprint density at radius 2 is 2.00 bits per heavy atom. The minimum absolute atomic E-state index is 0.234. The summed E-state index contributed by atoms with van der Waals surface area (Å²) in [6, 6.07) is 7.23. The fourth-order valence-electron chi connectivity index (χ4n) is 2.07. The highest BCUT2D eigenvalue weighted by molar-refractivity contribution is 7.99. The van der Waals surface area contributed by atoms with E-state index in [1.807, 2.05) is 18.2 Å². The molecule has 6 heteroatoms. The Morgan fingerprint density at radius 3 is 2.76 bits per heavy atom. The molecule has 1 aromatic carbocycles. The number of fused-ring (bicyclic) bond motifs is 1. The second-order valence-electron chi connectivity index (χ2n) is 4.52. The van der Waals surface area contributed by atoms with Gasteiger partial charge in [0.1, 0.15) is 18.2 Å². The van der Waals surface area contributed by atoms with Gasteiger partial charge >= 0.3 is 5.97 Å². The topological polar surface area (TPSA) is 68.7 Å². The lowest BCUT2D eigenvalue weighted by Crippen LogP contribution is -2.15. The lowest BCUT2D eigenvalue weighted by molar-refractivity contribution is 0.0691. The van der Waals surface area contributed by atoms with Crippen LogP contribution in [0.25, 0.3) is 0 Å². The second-order valence-corrected chi connectivity index (χ2v) is 5.58. The number of ether oxygens (including phenoxy) is 2. The average molecular weight is 303 g/mol. The van der Waals surface area contributed by atoms with Crippen LogP contribution in [0.3, 0.4) is 0 Å². The Labute approximate surface area is 125 Å². The van der Waals surface area contributed by atoms with Crippen molar-refractivity contribution < 1.29 is 19.4 Å². The van der Waals surface area contributed by atoms with Crippen LogP contribution in [-0.2, 0) is 0 Å². The lowest BCUT2D eigenvalue weighted by Gasteiger charge is -2.18. The van der Waals surface area contributed by atoms with Gasteiger partial charge in [-0.2, -0.15) is 0 Å². The van der Waals surface area contributed by atoms with Gasteiger partial charge in [-0.3, -0.25) is 0 Å². The number of carbonyl (C=O) groups is 1. The lowest BCUT2D eigenvalue weighted by atomic mass is 10.2. The molecule has 0 fully saturated rings. The summed E-state index contributed by atoms with van der Waals surface area (Å²) in [5.74, 6) is 0.415. The fourth-order valence-corrected chi connectivity index (χ4v) is 3.06. The highest BCUT2D eigenvalue weighted by Gasteiger charge is 2.17. The van der Waals surface area contributed by atoms with Gasteiger partial charge < -0.3 is 14.6 Å². The minimum Gasteiger partial charge on any atom is -0.486 e. The predicted molar refractivity (Wildman–Crippen MR) is 77.5 cm³/mol. The quantitative estimate of drug-likeness (QED) is 0.940. The Bertz CT molecular complexity index is 702. The Morgan fingerprint density at radius 1 is 1.24 bits per heavy atom. The van der Waals surface area contributed by atoms with Crippen LogP contribution in [0.2, 0.25) is 0 Å². The van der Waals surface area contributed by atoms with Crippen LogP contribution in [0.15, 0.2) is 40.4 Å². The predicted octanol–water partition coefficient (Wildman–Crippen LogP) is 3.01. The van der Waals surface area contributed by atoms with E-state index >= 15 is 0 Å². The molecule has 0 amide bonds. The molecule has 2 aromatic rings. The van der Waals surface area contributed by atoms with Crippen LogP contribution in [0.1, 0.15) is 15.9 Å². The summed E-state index contributed by atoms with van der Waals surface area (Å²) in [6.07, 6.45) is 1.61. The average Bonchev–Trinajstić information content (AvgIpc) is 2.47. The Balaban J connectivity index is 1.94. The maximum Gasteiger partial charge on any atom is 0.338 e. The molecule has 0 unspecified atom stereocenters. The maximum atomic E-state index is 11.4. The number of hydrogen-bond donors (Lipinski definition) is 1. The molecule has 1 aliphatic rings. The number of aromatic carboxylic acids is 1. The molecule has 1 aliphatic heterocycles. The number of hydrogen-bond acceptors (Lipinski definition) is 5. The standard InChI is InChI=1S/C15H13NO4S/c1-9-4-5-16-14(13(9)15(17)18)21-10-2-3-11-12(8-10)20-7-6-19-11/h2-5,8H,6-7H2,1H3,(H,17,18). The van der Waals surface area contributed by atoms with Crippen LogP contribution >= 0.6 is 11.8 Å². The van der Waals surface area contributed by atoms with Crippen molar-refractivity contribution >= 4 is 17.7 Å². The maximum absolute atomic E-state index is 11.4. The van der Waals surface area contributed by atoms with Crippen LogP contribution < -0.4 is 9.47 Å². The van der Waals surface area contributed by atoms with Crippen molar-refractivity contribution in [1.29, 1.82) is 0 Å². The summed E-state index contributed by atoms with van der Waals surface area (Å²) in [6.45, 7) is 2.82. The van der Waals surface area contributed by atoms with Gasteiger partial charge in [0, 0.05) is 11.1 Å². The zero-order valence-corrected chi connectivity index (χ0v) is 12.1. The van der Waals surface area contributed by atoms with Crippen LogP contribution in [0, 0.1) is 6.92 Å². The molecule has 2 heterocycles. The van der Waals surface area contributed by atoms with Crippen molar-refractivity contribution in [3.63, 3.8) is 0 Å². The molecular formula is C15H13NO4S. The third kappa shape index (κ3) is 2.80. The van der Waals surface area contributed by atoms with Gasteiger partial charge in [-0.25, -0.2) is 9.78 Å². The van der Waals surface area contributed by atoms with Gasteiger partial charge in [0.15, 0.2) is 11.5 Å². The van der Waals surface area contributed by atoms with E-state index in [-0.39, 0.29) is 5.56 Å². The monoisotopic (exact) mass is 303 g/mol. The summed E-state index contributed by atoms with van der Waals surface area (Å²) in [5, 5.41) is 9.79. The van der Waals surface area contributed by atoms with Crippen LogP contribution in [-0.4, -0.2) is 29.3 Å². The van der Waals surface area contributed by atoms with E-state index in [1.165, 1.54) is 11.8 Å². The Hall–Kier alpha value is -2.21. The van der Waals surface area contributed by atoms with Gasteiger partial charge in [0.05, 0.1) is 5.56 Å². The van der Waals surface area contributed by atoms with Gasteiger partial charge in [-0.1, -0.05) is 11.8 Å². The van der Waals surface area contributed by atoms with E-state index in [0.29, 0.717) is 35.3 Å². The van der Waals surface area contributed by atoms with Gasteiger partial charge in [0.25, 0.3) is 0 Å². The molecule has 21 heavy (non-hydrogen) atoms. The van der Waals surface area contributed by atoms with Crippen molar-refractivity contribution in [3.05, 3.63) is 41.6 Å². The Kier molecular flexibility index (Phi) is 3.70. The molecule has 5 nitrogen and oxygen atoms in total.